The summed E-state index contributed by atoms with van der Waals surface area (Å²) < 4.78 is 21.1. The Morgan fingerprint density at radius 2 is 2.00 bits per heavy atom. The third kappa shape index (κ3) is 3.82. The smallest absolute Gasteiger partial charge is 0.343 e. The SMILES string of the molecule is COC(=O)c1c[nH]c(=O)c(C(CC(N)=O)c2cc(OC)c3c(c2)OCCO3)c1O. The Bertz CT molecular complexity index is 997. The van der Waals surface area contributed by atoms with Crippen LogP contribution in [0.1, 0.15) is 33.8 Å². The number of carbonyl (C=O) groups excluding carboxylic acids is 2. The van der Waals surface area contributed by atoms with Crippen molar-refractivity contribution in [3.05, 3.63) is 45.4 Å². The summed E-state index contributed by atoms with van der Waals surface area (Å²) in [5, 5.41) is 10.6. The standard InChI is InChI=1S/C19H20N2O8/c1-26-12-5-9(6-13-17(12)29-4-3-28-13)10(7-14(20)22)15-16(23)11(19(25)27-2)8-21-18(15)24/h5-6,8,10H,3-4,7H2,1-2H3,(H2,20,22)(H2,21,23,24). The molecule has 10 nitrogen and oxygen atoms in total. The van der Waals surface area contributed by atoms with Gasteiger partial charge in [0, 0.05) is 18.5 Å². The van der Waals surface area contributed by atoms with E-state index < -0.39 is 29.1 Å². The molecule has 1 aromatic heterocycles. The largest absolute Gasteiger partial charge is 0.506 e. The van der Waals surface area contributed by atoms with Crippen molar-refractivity contribution < 1.29 is 33.6 Å². The van der Waals surface area contributed by atoms with Gasteiger partial charge in [-0.1, -0.05) is 0 Å². The molecule has 0 spiro atoms. The predicted molar refractivity (Wildman–Crippen MR) is 99.7 cm³/mol. The maximum Gasteiger partial charge on any atom is 0.343 e. The minimum atomic E-state index is -0.981. The molecule has 0 saturated carbocycles. The number of nitrogens with one attached hydrogen (secondary N) is 1. The van der Waals surface area contributed by atoms with Crippen LogP contribution < -0.4 is 25.5 Å². The first-order valence-electron chi connectivity index (χ1n) is 8.66. The van der Waals surface area contributed by atoms with Crippen LogP contribution in [0.3, 0.4) is 0 Å². The Morgan fingerprint density at radius 3 is 2.66 bits per heavy atom. The summed E-state index contributed by atoms with van der Waals surface area (Å²) in [7, 11) is 2.57. The number of benzene rings is 1. The van der Waals surface area contributed by atoms with Crippen molar-refractivity contribution in [1.82, 2.24) is 4.98 Å². The first-order valence-corrected chi connectivity index (χ1v) is 8.66. The molecule has 0 radical (unpaired) electrons. The number of amides is 1. The van der Waals surface area contributed by atoms with E-state index in [4.69, 9.17) is 19.9 Å². The van der Waals surface area contributed by atoms with Gasteiger partial charge >= 0.3 is 5.97 Å². The number of pyridine rings is 1. The van der Waals surface area contributed by atoms with Crippen LogP contribution in [-0.4, -0.2) is 49.4 Å². The van der Waals surface area contributed by atoms with Gasteiger partial charge in [0.2, 0.25) is 11.7 Å². The molecule has 1 amide bonds. The molecule has 3 rings (SSSR count). The molecule has 0 fully saturated rings. The maximum absolute atomic E-state index is 12.5. The van der Waals surface area contributed by atoms with Crippen molar-refractivity contribution in [2.75, 3.05) is 27.4 Å². The summed E-state index contributed by atoms with van der Waals surface area (Å²) in [5.74, 6) is -2.07. The molecule has 1 aromatic carbocycles. The van der Waals surface area contributed by atoms with Gasteiger partial charge < -0.3 is 34.8 Å². The molecule has 4 N–H and O–H groups in total. The number of aromatic nitrogens is 1. The van der Waals surface area contributed by atoms with Crippen LogP contribution in [0.5, 0.6) is 23.0 Å². The van der Waals surface area contributed by atoms with Crippen LogP contribution in [0.15, 0.2) is 23.1 Å². The monoisotopic (exact) mass is 404 g/mol. The van der Waals surface area contributed by atoms with Crippen molar-refractivity contribution in [3.8, 4) is 23.0 Å². The fourth-order valence-electron chi connectivity index (χ4n) is 3.21. The first-order chi connectivity index (χ1) is 13.9. The van der Waals surface area contributed by atoms with Crippen LogP contribution >= 0.6 is 0 Å². The van der Waals surface area contributed by atoms with Gasteiger partial charge in [-0.05, 0) is 17.7 Å². The van der Waals surface area contributed by atoms with Crippen molar-refractivity contribution in [3.63, 3.8) is 0 Å². The number of fused-ring (bicyclic) bond motifs is 1. The predicted octanol–water partition coefficient (Wildman–Crippen LogP) is 0.654. The number of primary amides is 1. The lowest BCUT2D eigenvalue weighted by Crippen LogP contribution is -2.24. The molecule has 0 aliphatic carbocycles. The number of H-pyrrole nitrogens is 1. The lowest BCUT2D eigenvalue weighted by Gasteiger charge is -2.24. The Hall–Kier alpha value is -3.69. The van der Waals surface area contributed by atoms with Gasteiger partial charge in [0.15, 0.2) is 11.5 Å². The Balaban J connectivity index is 2.22. The summed E-state index contributed by atoms with van der Waals surface area (Å²) in [5.41, 5.74) is 4.66. The molecule has 2 aromatic rings. The molecule has 0 bridgehead atoms. The number of ether oxygens (including phenoxy) is 4. The molecule has 1 atom stereocenters. The van der Waals surface area contributed by atoms with Crippen molar-refractivity contribution in [2.45, 2.75) is 12.3 Å². The molecular formula is C19H20N2O8. The van der Waals surface area contributed by atoms with Gasteiger partial charge in [0.1, 0.15) is 24.5 Å². The Kier molecular flexibility index (Phi) is 5.62. The number of aromatic hydroxyl groups is 1. The number of carbonyl (C=O) groups is 2. The van der Waals surface area contributed by atoms with Gasteiger partial charge in [-0.25, -0.2) is 4.79 Å². The number of hydrogen-bond donors (Lipinski definition) is 3. The summed E-state index contributed by atoms with van der Waals surface area (Å²) in [6.07, 6.45) is 0.725. The zero-order valence-corrected chi connectivity index (χ0v) is 15.8. The lowest BCUT2D eigenvalue weighted by molar-refractivity contribution is -0.118. The number of methoxy groups -OCH3 is 2. The summed E-state index contributed by atoms with van der Waals surface area (Å²) in [6.45, 7) is 0.652. The highest BCUT2D eigenvalue weighted by molar-refractivity contribution is 5.92. The summed E-state index contributed by atoms with van der Waals surface area (Å²) in [6, 6.07) is 3.14. The summed E-state index contributed by atoms with van der Waals surface area (Å²) in [4.78, 5) is 38.6. The average molecular weight is 404 g/mol. The number of esters is 1. The van der Waals surface area contributed by atoms with Crippen LogP contribution in [0.2, 0.25) is 0 Å². The fraction of sp³-hybridized carbons (Fsp3) is 0.316. The lowest BCUT2D eigenvalue weighted by atomic mass is 9.87. The maximum atomic E-state index is 12.5. The number of rotatable bonds is 6. The van der Waals surface area contributed by atoms with E-state index in [9.17, 15) is 19.5 Å². The third-order valence-corrected chi connectivity index (χ3v) is 4.51. The fourth-order valence-corrected chi connectivity index (χ4v) is 3.21. The van der Waals surface area contributed by atoms with E-state index in [1.807, 2.05) is 0 Å². The first kappa shape index (κ1) is 20.1. The van der Waals surface area contributed by atoms with Gasteiger partial charge in [-0.3, -0.25) is 9.59 Å². The van der Waals surface area contributed by atoms with Crippen molar-refractivity contribution in [2.24, 2.45) is 5.73 Å². The normalized spacial score (nSPS) is 13.4. The molecular weight excluding hydrogens is 384 g/mol. The second kappa shape index (κ2) is 8.13. The van der Waals surface area contributed by atoms with Gasteiger partial charge in [0.25, 0.3) is 5.56 Å². The minimum Gasteiger partial charge on any atom is -0.506 e. The number of nitrogens with two attached hydrogens (primary N) is 1. The molecule has 154 valence electrons. The molecule has 29 heavy (non-hydrogen) atoms. The molecule has 2 heterocycles. The average Bonchev–Trinajstić information content (AvgIpc) is 2.71. The second-order valence-electron chi connectivity index (χ2n) is 6.26. The van der Waals surface area contributed by atoms with E-state index >= 15 is 0 Å². The van der Waals surface area contributed by atoms with E-state index in [1.54, 1.807) is 12.1 Å². The summed E-state index contributed by atoms with van der Waals surface area (Å²) >= 11 is 0. The van der Waals surface area contributed by atoms with E-state index in [-0.39, 0.29) is 17.5 Å². The van der Waals surface area contributed by atoms with Gasteiger partial charge in [0.05, 0.1) is 19.8 Å². The second-order valence-corrected chi connectivity index (χ2v) is 6.26. The van der Waals surface area contributed by atoms with E-state index in [1.165, 1.54) is 7.11 Å². The van der Waals surface area contributed by atoms with Crippen molar-refractivity contribution in [1.29, 1.82) is 0 Å². The zero-order chi connectivity index (χ0) is 21.1. The molecule has 10 heteroatoms. The van der Waals surface area contributed by atoms with Gasteiger partial charge in [-0.15, -0.1) is 0 Å². The van der Waals surface area contributed by atoms with E-state index in [0.29, 0.717) is 36.0 Å². The topological polar surface area (TPSA) is 150 Å². The van der Waals surface area contributed by atoms with E-state index in [2.05, 4.69) is 9.72 Å². The highest BCUT2D eigenvalue weighted by Crippen LogP contribution is 2.44. The highest BCUT2D eigenvalue weighted by Gasteiger charge is 2.30. The van der Waals surface area contributed by atoms with Crippen LogP contribution in [0, 0.1) is 0 Å². The van der Waals surface area contributed by atoms with Crippen LogP contribution in [0.25, 0.3) is 0 Å². The number of aromatic amines is 1. The van der Waals surface area contributed by atoms with Gasteiger partial charge in [-0.2, -0.15) is 0 Å². The minimum absolute atomic E-state index is 0.203. The molecule has 1 aliphatic rings. The van der Waals surface area contributed by atoms with Crippen LogP contribution in [-0.2, 0) is 9.53 Å². The van der Waals surface area contributed by atoms with E-state index in [0.717, 1.165) is 13.3 Å². The quantitative estimate of drug-likeness (QED) is 0.594. The molecule has 1 unspecified atom stereocenters. The number of hydrogen-bond acceptors (Lipinski definition) is 8. The highest BCUT2D eigenvalue weighted by atomic mass is 16.6. The van der Waals surface area contributed by atoms with Crippen LogP contribution in [0.4, 0.5) is 0 Å². The third-order valence-electron chi connectivity index (χ3n) is 4.51. The Morgan fingerprint density at radius 1 is 1.28 bits per heavy atom. The Labute approximate surface area is 165 Å². The van der Waals surface area contributed by atoms with Crippen molar-refractivity contribution >= 4 is 11.9 Å². The molecule has 0 saturated heterocycles. The zero-order valence-electron chi connectivity index (χ0n) is 15.8. The molecule has 1 aliphatic heterocycles.